The lowest BCUT2D eigenvalue weighted by molar-refractivity contribution is 0.204. The molecule has 1 amide bonds. The molecule has 7 nitrogen and oxygen atoms in total. The molecule has 0 unspecified atom stereocenters. The number of fused-ring (bicyclic) bond motifs is 1. The van der Waals surface area contributed by atoms with Crippen LogP contribution in [0, 0.1) is 0 Å². The van der Waals surface area contributed by atoms with Gasteiger partial charge in [0.1, 0.15) is 0 Å². The summed E-state index contributed by atoms with van der Waals surface area (Å²) in [5.74, 6) is 0.0791. The molecule has 0 fully saturated rings. The summed E-state index contributed by atoms with van der Waals surface area (Å²) in [7, 11) is 0. The van der Waals surface area contributed by atoms with Gasteiger partial charge in [0.05, 0.1) is 17.3 Å². The molecule has 0 saturated carbocycles. The second-order valence-corrected chi connectivity index (χ2v) is 3.80. The number of benzene rings is 1. The first kappa shape index (κ1) is 11.1. The molecule has 3 aromatic rings. The topological polar surface area (TPSA) is 95.0 Å². The van der Waals surface area contributed by atoms with Gasteiger partial charge >= 0.3 is 6.09 Å². The Morgan fingerprint density at radius 2 is 2.00 bits per heavy atom. The molecule has 0 atom stereocenters. The van der Waals surface area contributed by atoms with Crippen molar-refractivity contribution in [3.63, 3.8) is 0 Å². The minimum atomic E-state index is -1.15. The molecule has 0 aliphatic heterocycles. The van der Waals surface area contributed by atoms with Gasteiger partial charge in [-0.3, -0.25) is 5.10 Å². The predicted molar refractivity (Wildman–Crippen MR) is 68.3 cm³/mol. The summed E-state index contributed by atoms with van der Waals surface area (Å²) in [5.41, 5.74) is 0.973. The van der Waals surface area contributed by atoms with Gasteiger partial charge in [-0.15, -0.1) is 0 Å². The minimum Gasteiger partial charge on any atom is -0.464 e. The van der Waals surface area contributed by atoms with Crippen LogP contribution in [0.1, 0.15) is 0 Å². The van der Waals surface area contributed by atoms with E-state index in [0.29, 0.717) is 11.3 Å². The van der Waals surface area contributed by atoms with Gasteiger partial charge < -0.3 is 5.11 Å². The number of nitrogens with one attached hydrogen (secondary N) is 1. The van der Waals surface area contributed by atoms with Gasteiger partial charge in [0.2, 0.25) is 5.95 Å². The monoisotopic (exact) mass is 255 g/mol. The van der Waals surface area contributed by atoms with Crippen LogP contribution in [0.2, 0.25) is 0 Å². The van der Waals surface area contributed by atoms with Crippen molar-refractivity contribution in [2.75, 3.05) is 4.90 Å². The van der Waals surface area contributed by atoms with Gasteiger partial charge in [0.15, 0.2) is 5.65 Å². The van der Waals surface area contributed by atoms with Crippen LogP contribution < -0.4 is 4.90 Å². The number of carboxylic acid groups (broad SMARTS) is 1. The van der Waals surface area contributed by atoms with Crippen LogP contribution in [0.5, 0.6) is 0 Å². The maximum Gasteiger partial charge on any atom is 0.418 e. The number of amides is 1. The smallest absolute Gasteiger partial charge is 0.418 e. The summed E-state index contributed by atoms with van der Waals surface area (Å²) in [6.07, 6.45) is 1.96. The van der Waals surface area contributed by atoms with E-state index >= 15 is 0 Å². The lowest BCUT2D eigenvalue weighted by Gasteiger charge is -2.16. The van der Waals surface area contributed by atoms with Crippen LogP contribution in [-0.4, -0.2) is 31.4 Å². The van der Waals surface area contributed by atoms with E-state index in [1.807, 2.05) is 6.07 Å². The number of para-hydroxylation sites is 1. The Balaban J connectivity index is 2.12. The number of H-pyrrole nitrogens is 1. The number of hydrogen-bond acceptors (Lipinski definition) is 4. The number of rotatable bonds is 2. The Morgan fingerprint density at radius 1 is 1.21 bits per heavy atom. The van der Waals surface area contributed by atoms with E-state index in [1.165, 1.54) is 6.20 Å². The Morgan fingerprint density at radius 3 is 2.74 bits per heavy atom. The largest absolute Gasteiger partial charge is 0.464 e. The van der Waals surface area contributed by atoms with Crippen molar-refractivity contribution >= 4 is 28.8 Å². The standard InChI is InChI=1S/C12H9N5O2/c18-12(19)17(9-4-2-1-3-5-9)11-13-6-8-7-14-16-10(8)15-11/h1-7H,(H,18,19)(H,13,14,15,16). The Kier molecular flexibility index (Phi) is 2.57. The number of aromatic nitrogens is 4. The lowest BCUT2D eigenvalue weighted by atomic mass is 10.3. The third-order valence-electron chi connectivity index (χ3n) is 2.58. The molecule has 0 aliphatic rings. The van der Waals surface area contributed by atoms with E-state index < -0.39 is 6.09 Å². The third-order valence-corrected chi connectivity index (χ3v) is 2.58. The second-order valence-electron chi connectivity index (χ2n) is 3.80. The Bertz CT molecular complexity index is 725. The molecular formula is C12H9N5O2. The summed E-state index contributed by atoms with van der Waals surface area (Å²) in [6.45, 7) is 0. The van der Waals surface area contributed by atoms with Gasteiger partial charge in [-0.05, 0) is 12.1 Å². The van der Waals surface area contributed by atoms with E-state index in [2.05, 4.69) is 20.2 Å². The van der Waals surface area contributed by atoms with Crippen LogP contribution in [0.3, 0.4) is 0 Å². The molecule has 0 spiro atoms. The number of carbonyl (C=O) groups is 1. The number of anilines is 2. The summed E-state index contributed by atoms with van der Waals surface area (Å²) < 4.78 is 0. The fourth-order valence-electron chi connectivity index (χ4n) is 1.73. The zero-order valence-electron chi connectivity index (χ0n) is 9.69. The number of hydrogen-bond donors (Lipinski definition) is 2. The highest BCUT2D eigenvalue weighted by atomic mass is 16.4. The Hall–Kier alpha value is -2.96. The van der Waals surface area contributed by atoms with Crippen LogP contribution >= 0.6 is 0 Å². The van der Waals surface area contributed by atoms with Crippen molar-refractivity contribution in [2.24, 2.45) is 0 Å². The molecule has 94 valence electrons. The molecule has 2 N–H and O–H groups in total. The summed E-state index contributed by atoms with van der Waals surface area (Å²) >= 11 is 0. The fourth-order valence-corrected chi connectivity index (χ4v) is 1.73. The Labute approximate surface area is 107 Å². The SMILES string of the molecule is O=C(O)N(c1ccccc1)c1ncc2cn[nH]c2n1. The van der Waals surface area contributed by atoms with Crippen molar-refractivity contribution in [3.8, 4) is 0 Å². The summed E-state index contributed by atoms with van der Waals surface area (Å²) in [6, 6.07) is 8.66. The molecule has 3 rings (SSSR count). The molecule has 0 saturated heterocycles. The average molecular weight is 255 g/mol. The first-order valence-electron chi connectivity index (χ1n) is 5.50. The van der Waals surface area contributed by atoms with Crippen molar-refractivity contribution in [3.05, 3.63) is 42.7 Å². The molecular weight excluding hydrogens is 246 g/mol. The average Bonchev–Trinajstić information content (AvgIpc) is 2.87. The molecule has 0 bridgehead atoms. The van der Waals surface area contributed by atoms with Gasteiger partial charge in [-0.1, -0.05) is 18.2 Å². The van der Waals surface area contributed by atoms with Crippen LogP contribution in [0.15, 0.2) is 42.7 Å². The van der Waals surface area contributed by atoms with Crippen molar-refractivity contribution in [1.29, 1.82) is 0 Å². The van der Waals surface area contributed by atoms with E-state index in [4.69, 9.17) is 0 Å². The number of aromatic amines is 1. The van der Waals surface area contributed by atoms with E-state index in [9.17, 15) is 9.90 Å². The van der Waals surface area contributed by atoms with E-state index in [-0.39, 0.29) is 5.95 Å². The molecule has 2 heterocycles. The highest BCUT2D eigenvalue weighted by molar-refractivity contribution is 5.93. The van der Waals surface area contributed by atoms with E-state index in [1.54, 1.807) is 30.5 Å². The molecule has 1 aromatic carbocycles. The summed E-state index contributed by atoms with van der Waals surface area (Å²) in [5, 5.41) is 16.6. The molecule has 19 heavy (non-hydrogen) atoms. The summed E-state index contributed by atoms with van der Waals surface area (Å²) in [4.78, 5) is 20.6. The lowest BCUT2D eigenvalue weighted by Crippen LogP contribution is -2.25. The first-order valence-corrected chi connectivity index (χ1v) is 5.50. The zero-order chi connectivity index (χ0) is 13.2. The molecule has 2 aromatic heterocycles. The molecule has 0 aliphatic carbocycles. The fraction of sp³-hybridized carbons (Fsp3) is 0. The highest BCUT2D eigenvalue weighted by Gasteiger charge is 2.19. The zero-order valence-corrected chi connectivity index (χ0v) is 9.69. The quantitative estimate of drug-likeness (QED) is 0.731. The minimum absolute atomic E-state index is 0.0791. The normalized spacial score (nSPS) is 10.5. The van der Waals surface area contributed by atoms with Gasteiger partial charge in [0.25, 0.3) is 0 Å². The molecule has 0 radical (unpaired) electrons. The number of nitrogens with zero attached hydrogens (tertiary/aromatic N) is 4. The maximum atomic E-state index is 11.4. The maximum absolute atomic E-state index is 11.4. The van der Waals surface area contributed by atoms with Crippen molar-refractivity contribution in [1.82, 2.24) is 20.2 Å². The predicted octanol–water partition coefficient (Wildman–Crippen LogP) is 2.17. The third kappa shape index (κ3) is 1.97. The highest BCUT2D eigenvalue weighted by Crippen LogP contribution is 2.22. The molecule has 7 heteroatoms. The van der Waals surface area contributed by atoms with Crippen molar-refractivity contribution in [2.45, 2.75) is 0 Å². The van der Waals surface area contributed by atoms with Gasteiger partial charge in [-0.25, -0.2) is 14.7 Å². The van der Waals surface area contributed by atoms with Crippen LogP contribution in [-0.2, 0) is 0 Å². The first-order chi connectivity index (χ1) is 9.25. The van der Waals surface area contributed by atoms with Gasteiger partial charge in [-0.2, -0.15) is 10.1 Å². The van der Waals surface area contributed by atoms with Crippen LogP contribution in [0.4, 0.5) is 16.4 Å². The van der Waals surface area contributed by atoms with E-state index in [0.717, 1.165) is 10.3 Å². The van der Waals surface area contributed by atoms with Crippen molar-refractivity contribution < 1.29 is 9.90 Å². The second kappa shape index (κ2) is 4.37. The van der Waals surface area contributed by atoms with Crippen LogP contribution in [0.25, 0.3) is 11.0 Å². The van der Waals surface area contributed by atoms with Gasteiger partial charge in [0, 0.05) is 6.20 Å².